The Hall–Kier alpha value is -0.960. The van der Waals surface area contributed by atoms with Crippen molar-refractivity contribution in [1.29, 1.82) is 0 Å². The van der Waals surface area contributed by atoms with Crippen LogP contribution >= 0.6 is 0 Å². The van der Waals surface area contributed by atoms with Crippen molar-refractivity contribution in [3.8, 4) is 0 Å². The predicted molar refractivity (Wildman–Crippen MR) is 46.0 cm³/mol. The Kier molecular flexibility index (Phi) is 3.17. The molecule has 1 aromatic rings. The molecular weight excluding hydrogens is 155 g/mol. The van der Waals surface area contributed by atoms with Gasteiger partial charge >= 0.3 is 0 Å². The van der Waals surface area contributed by atoms with E-state index >= 15 is 0 Å². The first-order valence-corrected chi connectivity index (χ1v) is 4.12. The van der Waals surface area contributed by atoms with E-state index in [1.165, 1.54) is 6.07 Å². The molecule has 2 N–H and O–H groups in total. The van der Waals surface area contributed by atoms with Gasteiger partial charge in [-0.25, -0.2) is 4.98 Å². The third-order valence-electron chi connectivity index (χ3n) is 1.72. The molecule has 0 aliphatic heterocycles. The minimum Gasteiger partial charge on any atom is -0.323 e. The lowest BCUT2D eigenvalue weighted by atomic mass is 10.1. The summed E-state index contributed by atoms with van der Waals surface area (Å²) in [5.41, 5.74) is 6.38. The van der Waals surface area contributed by atoms with Gasteiger partial charge in [-0.1, -0.05) is 19.4 Å². The summed E-state index contributed by atoms with van der Waals surface area (Å²) < 4.78 is 12.6. The minimum atomic E-state index is -0.459. The molecule has 66 valence electrons. The van der Waals surface area contributed by atoms with Crippen molar-refractivity contribution in [2.45, 2.75) is 25.8 Å². The molecule has 0 spiro atoms. The van der Waals surface area contributed by atoms with Crippen molar-refractivity contribution in [3.05, 3.63) is 29.8 Å². The van der Waals surface area contributed by atoms with Crippen molar-refractivity contribution in [3.63, 3.8) is 0 Å². The fourth-order valence-corrected chi connectivity index (χ4v) is 1.09. The van der Waals surface area contributed by atoms with E-state index in [0.29, 0.717) is 5.69 Å². The normalized spacial score (nSPS) is 12.9. The zero-order valence-electron chi connectivity index (χ0n) is 7.13. The zero-order valence-corrected chi connectivity index (χ0v) is 7.13. The lowest BCUT2D eigenvalue weighted by Gasteiger charge is -2.08. The van der Waals surface area contributed by atoms with Crippen molar-refractivity contribution in [2.24, 2.45) is 5.73 Å². The Balaban J connectivity index is 2.73. The van der Waals surface area contributed by atoms with E-state index in [1.807, 2.05) is 6.92 Å². The van der Waals surface area contributed by atoms with Crippen LogP contribution in [0.3, 0.4) is 0 Å². The van der Waals surface area contributed by atoms with Crippen molar-refractivity contribution in [2.75, 3.05) is 0 Å². The van der Waals surface area contributed by atoms with Crippen LogP contribution in [-0.2, 0) is 0 Å². The molecule has 2 nitrogen and oxygen atoms in total. The second-order valence-electron chi connectivity index (χ2n) is 2.78. The van der Waals surface area contributed by atoms with Gasteiger partial charge in [-0.2, -0.15) is 4.39 Å². The number of aromatic nitrogens is 1. The molecule has 0 bridgehead atoms. The van der Waals surface area contributed by atoms with E-state index in [4.69, 9.17) is 5.73 Å². The topological polar surface area (TPSA) is 38.9 Å². The summed E-state index contributed by atoms with van der Waals surface area (Å²) in [4.78, 5) is 3.70. The second-order valence-corrected chi connectivity index (χ2v) is 2.78. The summed E-state index contributed by atoms with van der Waals surface area (Å²) in [7, 11) is 0. The largest absolute Gasteiger partial charge is 0.323 e. The first-order chi connectivity index (χ1) is 5.74. The quantitative estimate of drug-likeness (QED) is 0.701. The summed E-state index contributed by atoms with van der Waals surface area (Å²) in [5, 5.41) is 0. The van der Waals surface area contributed by atoms with Gasteiger partial charge in [0.1, 0.15) is 0 Å². The van der Waals surface area contributed by atoms with Gasteiger partial charge in [0.05, 0.1) is 5.69 Å². The van der Waals surface area contributed by atoms with Crippen molar-refractivity contribution in [1.82, 2.24) is 4.98 Å². The van der Waals surface area contributed by atoms with Crippen LogP contribution in [0.15, 0.2) is 18.2 Å². The monoisotopic (exact) mass is 168 g/mol. The van der Waals surface area contributed by atoms with Crippen LogP contribution in [0.5, 0.6) is 0 Å². The van der Waals surface area contributed by atoms with E-state index in [1.54, 1.807) is 12.1 Å². The van der Waals surface area contributed by atoms with Crippen LogP contribution in [0.2, 0.25) is 0 Å². The molecule has 0 saturated heterocycles. The van der Waals surface area contributed by atoms with E-state index in [-0.39, 0.29) is 6.04 Å². The highest BCUT2D eigenvalue weighted by Gasteiger charge is 2.05. The van der Waals surface area contributed by atoms with Gasteiger partial charge in [-0.05, 0) is 18.6 Å². The van der Waals surface area contributed by atoms with Gasteiger partial charge in [0.2, 0.25) is 5.95 Å². The highest BCUT2D eigenvalue weighted by molar-refractivity contribution is 5.08. The fraction of sp³-hybridized carbons (Fsp3) is 0.444. The molecule has 1 rings (SSSR count). The molecule has 3 heteroatoms. The predicted octanol–water partition coefficient (Wildman–Crippen LogP) is 2.02. The Morgan fingerprint density at radius 1 is 1.58 bits per heavy atom. The first-order valence-electron chi connectivity index (χ1n) is 4.12. The number of pyridine rings is 1. The number of hydrogen-bond donors (Lipinski definition) is 1. The lowest BCUT2D eigenvalue weighted by Crippen LogP contribution is -2.11. The highest BCUT2D eigenvalue weighted by Crippen LogP contribution is 2.12. The molecule has 0 saturated carbocycles. The lowest BCUT2D eigenvalue weighted by molar-refractivity contribution is 0.552. The van der Waals surface area contributed by atoms with Crippen LogP contribution in [0.4, 0.5) is 4.39 Å². The molecule has 1 atom stereocenters. The molecule has 0 aliphatic carbocycles. The highest BCUT2D eigenvalue weighted by atomic mass is 19.1. The van der Waals surface area contributed by atoms with E-state index < -0.39 is 5.95 Å². The van der Waals surface area contributed by atoms with Crippen LogP contribution in [0, 0.1) is 5.95 Å². The number of hydrogen-bond acceptors (Lipinski definition) is 2. The van der Waals surface area contributed by atoms with Crippen LogP contribution in [0.25, 0.3) is 0 Å². The van der Waals surface area contributed by atoms with E-state index in [2.05, 4.69) is 4.98 Å². The second kappa shape index (κ2) is 4.16. The van der Waals surface area contributed by atoms with Crippen molar-refractivity contribution >= 4 is 0 Å². The van der Waals surface area contributed by atoms with Gasteiger partial charge in [-0.15, -0.1) is 0 Å². The molecule has 0 aromatic carbocycles. The molecule has 0 amide bonds. The molecule has 0 fully saturated rings. The van der Waals surface area contributed by atoms with Crippen LogP contribution in [0.1, 0.15) is 31.5 Å². The number of nitrogens with zero attached hydrogens (tertiary/aromatic N) is 1. The summed E-state index contributed by atoms with van der Waals surface area (Å²) in [6, 6.07) is 4.57. The third-order valence-corrected chi connectivity index (χ3v) is 1.72. The van der Waals surface area contributed by atoms with Gasteiger partial charge in [-0.3, -0.25) is 0 Å². The average Bonchev–Trinajstić information content (AvgIpc) is 2.05. The molecule has 0 aliphatic rings. The van der Waals surface area contributed by atoms with Gasteiger partial charge in [0, 0.05) is 6.04 Å². The smallest absolute Gasteiger partial charge is 0.213 e. The number of rotatable bonds is 3. The Morgan fingerprint density at radius 2 is 2.33 bits per heavy atom. The molecule has 1 heterocycles. The number of halogens is 1. The van der Waals surface area contributed by atoms with E-state index in [0.717, 1.165) is 12.8 Å². The van der Waals surface area contributed by atoms with Gasteiger partial charge in [0.25, 0.3) is 0 Å². The SMILES string of the molecule is CCCC(N)c1cccc(F)n1. The van der Waals surface area contributed by atoms with E-state index in [9.17, 15) is 4.39 Å². The minimum absolute atomic E-state index is 0.134. The van der Waals surface area contributed by atoms with Crippen LogP contribution in [-0.4, -0.2) is 4.98 Å². The zero-order chi connectivity index (χ0) is 8.97. The molecule has 0 radical (unpaired) electrons. The Bertz CT molecular complexity index is 250. The Labute approximate surface area is 71.6 Å². The molecule has 12 heavy (non-hydrogen) atoms. The average molecular weight is 168 g/mol. The maximum absolute atomic E-state index is 12.6. The summed E-state index contributed by atoms with van der Waals surface area (Å²) >= 11 is 0. The molecular formula is C9H13FN2. The molecule has 1 aromatic heterocycles. The van der Waals surface area contributed by atoms with Gasteiger partial charge < -0.3 is 5.73 Å². The van der Waals surface area contributed by atoms with Crippen LogP contribution < -0.4 is 5.73 Å². The maximum atomic E-state index is 12.6. The van der Waals surface area contributed by atoms with Gasteiger partial charge in [0.15, 0.2) is 0 Å². The first kappa shape index (κ1) is 9.13. The third kappa shape index (κ3) is 2.27. The summed E-state index contributed by atoms with van der Waals surface area (Å²) in [5.74, 6) is -0.459. The maximum Gasteiger partial charge on any atom is 0.213 e. The number of nitrogens with two attached hydrogens (primary N) is 1. The van der Waals surface area contributed by atoms with Crippen molar-refractivity contribution < 1.29 is 4.39 Å². The summed E-state index contributed by atoms with van der Waals surface area (Å²) in [6.07, 6.45) is 1.83. The fourth-order valence-electron chi connectivity index (χ4n) is 1.09. The standard InChI is InChI=1S/C9H13FN2/c1-2-4-7(11)8-5-3-6-9(10)12-8/h3,5-7H,2,4,11H2,1H3. The summed E-state index contributed by atoms with van der Waals surface area (Å²) in [6.45, 7) is 2.04. The molecule has 1 unspecified atom stereocenters. The Morgan fingerprint density at radius 3 is 2.92 bits per heavy atom.